The van der Waals surface area contributed by atoms with Crippen LogP contribution in [0.25, 0.3) is 0 Å². The number of hydrogen-bond acceptors (Lipinski definition) is 5. The van der Waals surface area contributed by atoms with E-state index in [1.165, 1.54) is 10.8 Å². The second kappa shape index (κ2) is 9.45. The zero-order chi connectivity index (χ0) is 25.6. The molecule has 3 unspecified atom stereocenters. The van der Waals surface area contributed by atoms with Crippen molar-refractivity contribution in [3.63, 3.8) is 0 Å². The maximum absolute atomic E-state index is 14.0. The number of carbonyl (C=O) groups excluding carboxylic acids is 2. The van der Waals surface area contributed by atoms with Crippen LogP contribution in [0.3, 0.4) is 0 Å². The summed E-state index contributed by atoms with van der Waals surface area (Å²) in [6, 6.07) is 0.332. The third kappa shape index (κ3) is 4.06. The van der Waals surface area contributed by atoms with E-state index in [1.54, 1.807) is 4.90 Å². The van der Waals surface area contributed by atoms with Crippen LogP contribution in [0, 0.1) is 23.4 Å². The minimum atomic E-state index is -1.19. The Morgan fingerprint density at radius 2 is 1.89 bits per heavy atom. The fourth-order valence-corrected chi connectivity index (χ4v) is 5.39. The number of nitrogens with zero attached hydrogens (tertiary/aromatic N) is 2. The quantitative estimate of drug-likeness (QED) is 0.628. The molecular weight excluding hydrogens is 479 g/mol. The van der Waals surface area contributed by atoms with Gasteiger partial charge in [0.05, 0.1) is 12.1 Å². The normalized spacial score (nSPS) is 23.2. The van der Waals surface area contributed by atoms with Gasteiger partial charge in [-0.2, -0.15) is 0 Å². The van der Waals surface area contributed by atoms with E-state index in [2.05, 4.69) is 11.4 Å². The van der Waals surface area contributed by atoms with E-state index in [0.29, 0.717) is 38.3 Å². The number of halogens is 3. The number of pyridine rings is 1. The van der Waals surface area contributed by atoms with E-state index in [0.717, 1.165) is 12.8 Å². The largest absolute Gasteiger partial charge is 0.503 e. The molecule has 1 aromatic heterocycles. The number of nitrogens with one attached hydrogen (secondary N) is 1. The monoisotopic (exact) mass is 503 g/mol. The van der Waals surface area contributed by atoms with Crippen LogP contribution in [0.4, 0.5) is 13.2 Å². The van der Waals surface area contributed by atoms with Crippen LogP contribution >= 0.6 is 0 Å². The number of amides is 2. The van der Waals surface area contributed by atoms with Gasteiger partial charge >= 0.3 is 0 Å². The van der Waals surface area contributed by atoms with Gasteiger partial charge in [-0.05, 0) is 25.2 Å². The van der Waals surface area contributed by atoms with Crippen LogP contribution in [-0.4, -0.2) is 52.2 Å². The Labute approximate surface area is 204 Å². The Morgan fingerprint density at radius 1 is 1.14 bits per heavy atom. The summed E-state index contributed by atoms with van der Waals surface area (Å²) < 4.78 is 48.3. The van der Waals surface area contributed by atoms with Crippen molar-refractivity contribution >= 4 is 11.8 Å². The number of aromatic hydroxyl groups is 1. The standard InChI is InChI=1S/C25H24F3N3O5/c26-14-9-17(27)15(18(28)10-14)11-29-24(34)16-12-31-19-5-8-36-7-2-4-13-3-1-6-30(20(13)19)25(35)21(31)23(33)22(16)32/h1,3,9-10,12-13,19-20,33H,2,4-8,11H2,(H,29,34). The van der Waals surface area contributed by atoms with Gasteiger partial charge in [0, 0.05) is 50.2 Å². The number of carbonyl (C=O) groups is 2. The Morgan fingerprint density at radius 3 is 2.64 bits per heavy atom. The number of hydrogen-bond donors (Lipinski definition) is 2. The first-order chi connectivity index (χ1) is 17.3. The molecule has 5 rings (SSSR count). The molecule has 1 fully saturated rings. The highest BCUT2D eigenvalue weighted by Gasteiger charge is 2.45. The molecule has 0 saturated carbocycles. The molecule has 2 amide bonds. The number of fused-ring (bicyclic) bond motifs is 2. The second-order valence-corrected chi connectivity index (χ2v) is 9.16. The highest BCUT2D eigenvalue weighted by Crippen LogP contribution is 2.40. The zero-order valence-corrected chi connectivity index (χ0v) is 19.2. The van der Waals surface area contributed by atoms with Crippen molar-refractivity contribution in [1.82, 2.24) is 14.8 Å². The Bertz CT molecular complexity index is 1300. The van der Waals surface area contributed by atoms with Gasteiger partial charge in [-0.3, -0.25) is 14.4 Å². The molecule has 36 heavy (non-hydrogen) atoms. The molecular formula is C25H24F3N3O5. The van der Waals surface area contributed by atoms with Crippen LogP contribution in [0.5, 0.6) is 5.75 Å². The lowest BCUT2D eigenvalue weighted by Gasteiger charge is -2.47. The summed E-state index contributed by atoms with van der Waals surface area (Å²) in [7, 11) is 0. The lowest BCUT2D eigenvalue weighted by molar-refractivity contribution is 0.0393. The number of rotatable bonds is 3. The minimum Gasteiger partial charge on any atom is -0.503 e. The van der Waals surface area contributed by atoms with Crippen molar-refractivity contribution in [3.8, 4) is 5.75 Å². The van der Waals surface area contributed by atoms with Crippen molar-refractivity contribution in [2.24, 2.45) is 5.92 Å². The molecule has 0 aliphatic carbocycles. The predicted octanol–water partition coefficient (Wildman–Crippen LogP) is 2.65. The first-order valence-corrected chi connectivity index (χ1v) is 11.7. The molecule has 2 N–H and O–H groups in total. The lowest BCUT2D eigenvalue weighted by atomic mass is 9.82. The van der Waals surface area contributed by atoms with Crippen LogP contribution in [-0.2, 0) is 11.3 Å². The molecule has 8 nitrogen and oxygen atoms in total. The minimum absolute atomic E-state index is 0.0332. The van der Waals surface area contributed by atoms with Gasteiger partial charge in [-0.15, -0.1) is 0 Å². The summed E-state index contributed by atoms with van der Waals surface area (Å²) >= 11 is 0. The molecule has 3 aliphatic heterocycles. The number of ether oxygens (including phenoxy) is 1. The van der Waals surface area contributed by atoms with Gasteiger partial charge in [0.25, 0.3) is 11.8 Å². The van der Waals surface area contributed by atoms with Crippen molar-refractivity contribution < 1.29 is 32.6 Å². The van der Waals surface area contributed by atoms with Crippen molar-refractivity contribution in [1.29, 1.82) is 0 Å². The van der Waals surface area contributed by atoms with E-state index >= 15 is 0 Å². The van der Waals surface area contributed by atoms with Gasteiger partial charge < -0.3 is 24.6 Å². The third-order valence-electron chi connectivity index (χ3n) is 7.07. The van der Waals surface area contributed by atoms with Crippen LogP contribution in [0.1, 0.15) is 51.7 Å². The SMILES string of the molecule is O=C(NCc1c(F)cc(F)cc1F)c1cn2c(c(O)c1=O)C(=O)N1CC=CC3CCCOCCC2C31. The summed E-state index contributed by atoms with van der Waals surface area (Å²) in [5.41, 5.74) is -2.34. The third-order valence-corrected chi connectivity index (χ3v) is 7.07. The van der Waals surface area contributed by atoms with E-state index in [9.17, 15) is 32.7 Å². The molecule has 1 saturated heterocycles. The summed E-state index contributed by atoms with van der Waals surface area (Å²) in [5, 5.41) is 13.0. The highest BCUT2D eigenvalue weighted by molar-refractivity contribution is 5.99. The Kier molecular flexibility index (Phi) is 6.33. The second-order valence-electron chi connectivity index (χ2n) is 9.16. The van der Waals surface area contributed by atoms with E-state index < -0.39 is 58.1 Å². The molecule has 3 atom stereocenters. The molecule has 3 aliphatic rings. The average molecular weight is 503 g/mol. The molecule has 190 valence electrons. The predicted molar refractivity (Wildman–Crippen MR) is 121 cm³/mol. The van der Waals surface area contributed by atoms with Gasteiger partial charge in [0.15, 0.2) is 11.4 Å². The van der Waals surface area contributed by atoms with Crippen molar-refractivity contribution in [2.45, 2.75) is 37.9 Å². The maximum atomic E-state index is 14.0. The van der Waals surface area contributed by atoms with Crippen molar-refractivity contribution in [2.75, 3.05) is 19.8 Å². The number of benzene rings is 1. The first-order valence-electron chi connectivity index (χ1n) is 11.7. The first kappa shape index (κ1) is 24.1. The Hall–Kier alpha value is -3.60. The molecule has 2 aromatic rings. The molecule has 0 spiro atoms. The fraction of sp³-hybridized carbons (Fsp3) is 0.400. The summed E-state index contributed by atoms with van der Waals surface area (Å²) in [4.78, 5) is 40.8. The van der Waals surface area contributed by atoms with E-state index in [-0.39, 0.29) is 23.7 Å². The van der Waals surface area contributed by atoms with Crippen LogP contribution in [0.15, 0.2) is 35.3 Å². The van der Waals surface area contributed by atoms with Crippen LogP contribution in [0.2, 0.25) is 0 Å². The lowest BCUT2D eigenvalue weighted by Crippen LogP contribution is -2.56. The molecule has 1 aromatic carbocycles. The maximum Gasteiger partial charge on any atom is 0.275 e. The highest BCUT2D eigenvalue weighted by atomic mass is 19.1. The van der Waals surface area contributed by atoms with Gasteiger partial charge in [0.2, 0.25) is 5.43 Å². The molecule has 0 radical (unpaired) electrons. The topological polar surface area (TPSA) is 101 Å². The molecule has 4 heterocycles. The summed E-state index contributed by atoms with van der Waals surface area (Å²) in [6.07, 6.45) is 7.25. The Balaban J connectivity index is 1.53. The average Bonchev–Trinajstić information content (AvgIpc) is 2.94. The van der Waals surface area contributed by atoms with Gasteiger partial charge in [-0.25, -0.2) is 13.2 Å². The van der Waals surface area contributed by atoms with Gasteiger partial charge in [0.1, 0.15) is 23.0 Å². The molecule has 11 heteroatoms. The fourth-order valence-electron chi connectivity index (χ4n) is 5.39. The van der Waals surface area contributed by atoms with Gasteiger partial charge in [-0.1, -0.05) is 12.2 Å². The molecule has 0 bridgehead atoms. The summed E-state index contributed by atoms with van der Waals surface area (Å²) in [5.74, 6) is -5.82. The summed E-state index contributed by atoms with van der Waals surface area (Å²) in [6.45, 7) is 0.640. The van der Waals surface area contributed by atoms with Crippen molar-refractivity contribution in [3.05, 3.63) is 75.0 Å². The van der Waals surface area contributed by atoms with E-state index in [1.807, 2.05) is 6.08 Å². The smallest absolute Gasteiger partial charge is 0.275 e. The zero-order valence-electron chi connectivity index (χ0n) is 19.2. The van der Waals surface area contributed by atoms with Crippen LogP contribution < -0.4 is 10.7 Å². The number of aromatic nitrogens is 1. The van der Waals surface area contributed by atoms with E-state index in [4.69, 9.17) is 4.74 Å².